The van der Waals surface area contributed by atoms with Gasteiger partial charge in [-0.2, -0.15) is 0 Å². The second kappa shape index (κ2) is 4.20. The lowest BCUT2D eigenvalue weighted by Crippen LogP contribution is -2.38. The predicted molar refractivity (Wildman–Crippen MR) is 63.2 cm³/mol. The van der Waals surface area contributed by atoms with Crippen LogP contribution in [0.15, 0.2) is 29.2 Å². The minimum atomic E-state index is -3.57. The molecule has 88 valence electrons. The maximum atomic E-state index is 12.2. The van der Waals surface area contributed by atoms with Crippen molar-refractivity contribution in [3.8, 4) is 0 Å². The van der Waals surface area contributed by atoms with Crippen LogP contribution < -0.4 is 5.46 Å². The highest BCUT2D eigenvalue weighted by atomic mass is 32.2. The standard InChI is InChI=1S/C10H15BO4S/c1-10(2,3)16(14,15)9-7-5-4-6-8(9)11(12)13/h4-7,12-13H,1-3H3. The van der Waals surface area contributed by atoms with Crippen LogP contribution in [0.3, 0.4) is 0 Å². The molecule has 0 aliphatic rings. The van der Waals surface area contributed by atoms with Gasteiger partial charge in [-0.1, -0.05) is 18.2 Å². The van der Waals surface area contributed by atoms with Crippen molar-refractivity contribution in [1.29, 1.82) is 0 Å². The van der Waals surface area contributed by atoms with Crippen molar-refractivity contribution < 1.29 is 18.5 Å². The summed E-state index contributed by atoms with van der Waals surface area (Å²) in [5.74, 6) is 0. The topological polar surface area (TPSA) is 74.6 Å². The number of hydrogen-bond acceptors (Lipinski definition) is 4. The van der Waals surface area contributed by atoms with Crippen LogP contribution in [-0.2, 0) is 9.84 Å². The van der Waals surface area contributed by atoms with Crippen molar-refractivity contribution in [2.45, 2.75) is 30.4 Å². The van der Waals surface area contributed by atoms with Crippen molar-refractivity contribution in [3.05, 3.63) is 24.3 Å². The number of hydrogen-bond donors (Lipinski definition) is 2. The third kappa shape index (κ3) is 2.29. The monoisotopic (exact) mass is 242 g/mol. The Kier molecular flexibility index (Phi) is 3.47. The summed E-state index contributed by atoms with van der Waals surface area (Å²) < 4.78 is 23.3. The molecule has 4 nitrogen and oxygen atoms in total. The summed E-state index contributed by atoms with van der Waals surface area (Å²) in [5, 5.41) is 18.2. The molecule has 0 atom stereocenters. The summed E-state index contributed by atoms with van der Waals surface area (Å²) in [6, 6.07) is 5.90. The maximum absolute atomic E-state index is 12.2. The third-order valence-electron chi connectivity index (χ3n) is 2.29. The Morgan fingerprint density at radius 2 is 1.62 bits per heavy atom. The number of sulfone groups is 1. The Morgan fingerprint density at radius 1 is 1.12 bits per heavy atom. The fourth-order valence-electron chi connectivity index (χ4n) is 1.27. The molecule has 0 amide bonds. The molecular weight excluding hydrogens is 227 g/mol. The Morgan fingerprint density at radius 3 is 2.06 bits per heavy atom. The zero-order valence-electron chi connectivity index (χ0n) is 9.51. The average Bonchev–Trinajstić information content (AvgIpc) is 2.16. The minimum absolute atomic E-state index is 0.0115. The quantitative estimate of drug-likeness (QED) is 0.712. The van der Waals surface area contributed by atoms with Crippen LogP contribution in [0.25, 0.3) is 0 Å². The fraction of sp³-hybridized carbons (Fsp3) is 0.400. The molecule has 0 bridgehead atoms. The van der Waals surface area contributed by atoms with Gasteiger partial charge in [0.05, 0.1) is 9.64 Å². The van der Waals surface area contributed by atoms with Crippen molar-refractivity contribution in [2.75, 3.05) is 0 Å². The summed E-state index contributed by atoms with van der Waals surface area (Å²) >= 11 is 0. The number of benzene rings is 1. The van der Waals surface area contributed by atoms with Gasteiger partial charge in [-0.3, -0.25) is 0 Å². The molecule has 2 N–H and O–H groups in total. The van der Waals surface area contributed by atoms with E-state index in [-0.39, 0.29) is 10.4 Å². The first kappa shape index (κ1) is 13.2. The smallest absolute Gasteiger partial charge is 0.423 e. The van der Waals surface area contributed by atoms with Gasteiger partial charge in [-0.25, -0.2) is 8.42 Å². The van der Waals surface area contributed by atoms with E-state index in [0.717, 1.165) is 0 Å². The molecule has 0 unspecified atom stereocenters. The molecule has 0 saturated carbocycles. The second-order valence-corrected chi connectivity index (χ2v) is 7.20. The molecule has 0 aliphatic carbocycles. The molecule has 0 aliphatic heterocycles. The minimum Gasteiger partial charge on any atom is -0.423 e. The van der Waals surface area contributed by atoms with E-state index < -0.39 is 21.7 Å². The van der Waals surface area contributed by atoms with E-state index in [4.69, 9.17) is 10.0 Å². The molecule has 1 aromatic carbocycles. The molecule has 6 heteroatoms. The summed E-state index contributed by atoms with van der Waals surface area (Å²) in [6.45, 7) is 4.72. The molecule has 1 aromatic rings. The molecule has 1 rings (SSSR count). The first-order valence-electron chi connectivity index (χ1n) is 4.87. The Bertz CT molecular complexity index is 474. The summed E-state index contributed by atoms with van der Waals surface area (Å²) in [7, 11) is -5.36. The predicted octanol–water partition coefficient (Wildman–Crippen LogP) is -0.0614. The van der Waals surface area contributed by atoms with E-state index in [1.54, 1.807) is 32.9 Å². The van der Waals surface area contributed by atoms with Gasteiger partial charge < -0.3 is 10.0 Å². The lowest BCUT2D eigenvalue weighted by atomic mass is 9.80. The molecule has 0 spiro atoms. The molecule has 0 aromatic heterocycles. The SMILES string of the molecule is CC(C)(C)S(=O)(=O)c1ccccc1B(O)O. The summed E-state index contributed by atoms with van der Waals surface area (Å²) in [5.41, 5.74) is 0.0115. The van der Waals surface area contributed by atoms with E-state index in [9.17, 15) is 8.42 Å². The average molecular weight is 242 g/mol. The van der Waals surface area contributed by atoms with Gasteiger partial charge in [0, 0.05) is 5.46 Å². The van der Waals surface area contributed by atoms with E-state index in [2.05, 4.69) is 0 Å². The summed E-state index contributed by atoms with van der Waals surface area (Å²) in [4.78, 5) is -0.0301. The normalized spacial score (nSPS) is 12.6. The van der Waals surface area contributed by atoms with Gasteiger partial charge in [0.1, 0.15) is 0 Å². The van der Waals surface area contributed by atoms with Crippen molar-refractivity contribution in [3.63, 3.8) is 0 Å². The van der Waals surface area contributed by atoms with E-state index >= 15 is 0 Å². The summed E-state index contributed by atoms with van der Waals surface area (Å²) in [6.07, 6.45) is 0. The van der Waals surface area contributed by atoms with Crippen LogP contribution in [0.5, 0.6) is 0 Å². The van der Waals surface area contributed by atoms with Gasteiger partial charge in [-0.15, -0.1) is 0 Å². The Labute approximate surface area is 96.0 Å². The van der Waals surface area contributed by atoms with Crippen LogP contribution in [0.4, 0.5) is 0 Å². The van der Waals surface area contributed by atoms with Crippen LogP contribution in [-0.4, -0.2) is 30.3 Å². The van der Waals surface area contributed by atoms with Gasteiger partial charge in [0.15, 0.2) is 9.84 Å². The van der Waals surface area contributed by atoms with E-state index in [0.29, 0.717) is 0 Å². The highest BCUT2D eigenvalue weighted by Gasteiger charge is 2.34. The van der Waals surface area contributed by atoms with E-state index in [1.807, 2.05) is 0 Å². The number of rotatable bonds is 2. The zero-order valence-corrected chi connectivity index (χ0v) is 10.3. The van der Waals surface area contributed by atoms with Crippen LogP contribution in [0.1, 0.15) is 20.8 Å². The highest BCUT2D eigenvalue weighted by molar-refractivity contribution is 7.93. The zero-order chi connectivity index (χ0) is 12.6. The van der Waals surface area contributed by atoms with Gasteiger partial charge in [-0.05, 0) is 26.8 Å². The maximum Gasteiger partial charge on any atom is 0.489 e. The fourth-order valence-corrected chi connectivity index (χ4v) is 2.67. The highest BCUT2D eigenvalue weighted by Crippen LogP contribution is 2.23. The van der Waals surface area contributed by atoms with Crippen molar-refractivity contribution >= 4 is 22.4 Å². The Hall–Kier alpha value is -0.845. The van der Waals surface area contributed by atoms with Crippen LogP contribution in [0.2, 0.25) is 0 Å². The first-order chi connectivity index (χ1) is 7.18. The molecule has 16 heavy (non-hydrogen) atoms. The molecule has 0 saturated heterocycles. The molecular formula is C10H15BO4S. The Balaban J connectivity index is 3.46. The lowest BCUT2D eigenvalue weighted by molar-refractivity contribution is 0.424. The second-order valence-electron chi connectivity index (χ2n) is 4.53. The van der Waals surface area contributed by atoms with Crippen molar-refractivity contribution in [2.24, 2.45) is 0 Å². The lowest BCUT2D eigenvalue weighted by Gasteiger charge is -2.21. The van der Waals surface area contributed by atoms with Gasteiger partial charge in [0.25, 0.3) is 0 Å². The van der Waals surface area contributed by atoms with Crippen molar-refractivity contribution in [1.82, 2.24) is 0 Å². The van der Waals surface area contributed by atoms with Crippen LogP contribution in [0, 0.1) is 0 Å². The molecule has 0 fully saturated rings. The van der Waals surface area contributed by atoms with Gasteiger partial charge >= 0.3 is 7.12 Å². The third-order valence-corrected chi connectivity index (χ3v) is 4.86. The first-order valence-corrected chi connectivity index (χ1v) is 6.36. The van der Waals surface area contributed by atoms with Crippen LogP contribution >= 0.6 is 0 Å². The largest absolute Gasteiger partial charge is 0.489 e. The molecule has 0 radical (unpaired) electrons. The van der Waals surface area contributed by atoms with E-state index in [1.165, 1.54) is 12.1 Å². The van der Waals surface area contributed by atoms with Gasteiger partial charge in [0.2, 0.25) is 0 Å². The molecule has 0 heterocycles.